The zero-order valence-corrected chi connectivity index (χ0v) is 24.3. The van der Waals surface area contributed by atoms with Gasteiger partial charge in [-0.3, -0.25) is 9.59 Å². The van der Waals surface area contributed by atoms with Gasteiger partial charge in [0.2, 0.25) is 5.54 Å². The van der Waals surface area contributed by atoms with E-state index in [1.165, 1.54) is 41.2 Å². The van der Waals surface area contributed by atoms with Crippen molar-refractivity contribution in [3.8, 4) is 5.75 Å². The zero-order valence-electron chi connectivity index (χ0n) is 23.6. The molecule has 0 spiro atoms. The number of nitrogens with two attached hydrogens (primary N) is 1. The van der Waals surface area contributed by atoms with E-state index in [0.29, 0.717) is 30.2 Å². The second kappa shape index (κ2) is 12.4. The van der Waals surface area contributed by atoms with Crippen LogP contribution in [0.5, 0.6) is 5.75 Å². The molecule has 1 atom stereocenters. The maximum Gasteiger partial charge on any atom is 0.419 e. The van der Waals surface area contributed by atoms with E-state index in [2.05, 4.69) is 9.88 Å². The Hall–Kier alpha value is -3.05. The van der Waals surface area contributed by atoms with Crippen molar-refractivity contribution in [3.05, 3.63) is 52.7 Å². The number of nitrogens with zero attached hydrogens (tertiary/aromatic N) is 4. The Bertz CT molecular complexity index is 1240. The lowest BCUT2D eigenvalue weighted by atomic mass is 9.82. The maximum atomic E-state index is 14.2. The molecule has 3 heterocycles. The van der Waals surface area contributed by atoms with Crippen LogP contribution in [0.25, 0.3) is 0 Å². The van der Waals surface area contributed by atoms with Crippen molar-refractivity contribution in [2.45, 2.75) is 43.8 Å². The average Bonchev–Trinajstić information content (AvgIpc) is 2.96. The fraction of sp³-hybridized carbons (Fsp3) is 0.552. The molecule has 0 bridgehead atoms. The summed E-state index contributed by atoms with van der Waals surface area (Å²) in [6.45, 7) is 2.08. The maximum absolute atomic E-state index is 14.2. The van der Waals surface area contributed by atoms with Crippen molar-refractivity contribution in [2.24, 2.45) is 17.6 Å². The summed E-state index contributed by atoms with van der Waals surface area (Å²) >= 11 is 6.29. The molecule has 2 N–H and O–H groups in total. The number of carbonyl (C=O) groups excluding carboxylic acids is 2. The van der Waals surface area contributed by atoms with Crippen molar-refractivity contribution in [1.82, 2.24) is 14.8 Å². The number of piperidine rings is 2. The number of halogens is 4. The van der Waals surface area contributed by atoms with E-state index in [4.69, 9.17) is 22.1 Å². The lowest BCUT2D eigenvalue weighted by Crippen LogP contribution is -2.62. The predicted octanol–water partition coefficient (Wildman–Crippen LogP) is 4.71. The van der Waals surface area contributed by atoms with Crippen LogP contribution in [0, 0.1) is 11.8 Å². The standard InChI is InChI=1S/C29H37ClF3N5O3/c1-36(2)26(39)23-7-8-24(35-25(23)30)37-13-9-19(10-14-37)17-20-11-15-38(16-12-20)27(40)28(34,29(31,32)33)21-5-4-6-22(18-21)41-3/h4-8,18-20H,9-17,34H2,1-3H3. The summed E-state index contributed by atoms with van der Waals surface area (Å²) in [5, 5.41) is 0.183. The summed E-state index contributed by atoms with van der Waals surface area (Å²) in [4.78, 5) is 34.8. The van der Waals surface area contributed by atoms with Crippen molar-refractivity contribution >= 4 is 29.2 Å². The summed E-state index contributed by atoms with van der Waals surface area (Å²) in [5.74, 6) is 0.417. The number of alkyl halides is 3. The summed E-state index contributed by atoms with van der Waals surface area (Å²) in [6, 6.07) is 8.82. The second-order valence-corrected chi connectivity index (χ2v) is 11.5. The molecule has 0 saturated carbocycles. The van der Waals surface area contributed by atoms with Gasteiger partial charge in [-0.05, 0) is 73.8 Å². The molecule has 2 saturated heterocycles. The van der Waals surface area contributed by atoms with Gasteiger partial charge in [-0.25, -0.2) is 4.98 Å². The van der Waals surface area contributed by atoms with Gasteiger partial charge in [-0.15, -0.1) is 0 Å². The van der Waals surface area contributed by atoms with Crippen molar-refractivity contribution in [1.29, 1.82) is 0 Å². The molecule has 4 rings (SSSR count). The number of carbonyl (C=O) groups is 2. The van der Waals surface area contributed by atoms with Crippen molar-refractivity contribution in [2.75, 3.05) is 52.3 Å². The van der Waals surface area contributed by atoms with Crippen LogP contribution in [0.4, 0.5) is 19.0 Å². The van der Waals surface area contributed by atoms with E-state index in [9.17, 15) is 22.8 Å². The number of hydrogen-bond acceptors (Lipinski definition) is 6. The van der Waals surface area contributed by atoms with Gasteiger partial charge < -0.3 is 25.2 Å². The van der Waals surface area contributed by atoms with Crippen LogP contribution in [-0.2, 0) is 10.3 Å². The monoisotopic (exact) mass is 595 g/mol. The number of methoxy groups -OCH3 is 1. The largest absolute Gasteiger partial charge is 0.497 e. The number of ether oxygens (including phenoxy) is 1. The highest BCUT2D eigenvalue weighted by Gasteiger charge is 2.60. The van der Waals surface area contributed by atoms with E-state index in [0.717, 1.165) is 38.2 Å². The minimum atomic E-state index is -4.97. The van der Waals surface area contributed by atoms with Crippen LogP contribution < -0.4 is 15.4 Å². The molecule has 2 amide bonds. The molecule has 12 heteroatoms. The molecule has 1 aromatic carbocycles. The minimum absolute atomic E-state index is 0.183. The summed E-state index contributed by atoms with van der Waals surface area (Å²) in [5.41, 5.74) is 2.76. The number of aromatic nitrogens is 1. The first-order valence-corrected chi connectivity index (χ1v) is 14.2. The molecule has 2 aliphatic rings. The van der Waals surface area contributed by atoms with E-state index < -0.39 is 17.6 Å². The Kier molecular flexibility index (Phi) is 9.38. The van der Waals surface area contributed by atoms with Crippen molar-refractivity contribution in [3.63, 3.8) is 0 Å². The van der Waals surface area contributed by atoms with Gasteiger partial charge in [0.15, 0.2) is 0 Å². The average molecular weight is 596 g/mol. The molecule has 2 aliphatic heterocycles. The quantitative estimate of drug-likeness (QED) is 0.466. The van der Waals surface area contributed by atoms with Crippen LogP contribution in [0.3, 0.4) is 0 Å². The van der Waals surface area contributed by atoms with Gasteiger partial charge >= 0.3 is 6.18 Å². The topological polar surface area (TPSA) is 92.0 Å². The number of likely N-dealkylation sites (tertiary alicyclic amines) is 1. The Morgan fingerprint density at radius 3 is 2.20 bits per heavy atom. The second-order valence-electron chi connectivity index (χ2n) is 11.1. The first-order chi connectivity index (χ1) is 19.3. The highest BCUT2D eigenvalue weighted by atomic mass is 35.5. The predicted molar refractivity (Wildman–Crippen MR) is 151 cm³/mol. The van der Waals surface area contributed by atoms with Crippen LogP contribution >= 0.6 is 11.6 Å². The van der Waals surface area contributed by atoms with Gasteiger partial charge in [0.05, 0.1) is 12.7 Å². The highest BCUT2D eigenvalue weighted by molar-refractivity contribution is 6.32. The number of benzene rings is 1. The normalized spacial score (nSPS) is 18.6. The molecule has 2 aromatic rings. The Balaban J connectivity index is 1.31. The van der Waals surface area contributed by atoms with E-state index >= 15 is 0 Å². The fourth-order valence-corrected chi connectivity index (χ4v) is 6.00. The van der Waals surface area contributed by atoms with Crippen LogP contribution in [0.1, 0.15) is 48.0 Å². The third-order valence-corrected chi connectivity index (χ3v) is 8.58. The first kappa shape index (κ1) is 30.9. The number of rotatable bonds is 7. The molecule has 1 aromatic heterocycles. The molecule has 2 fully saturated rings. The molecule has 0 aliphatic carbocycles. The van der Waals surface area contributed by atoms with Crippen LogP contribution in [0.2, 0.25) is 5.15 Å². The number of pyridine rings is 1. The molecular formula is C29H37ClF3N5O3. The van der Waals surface area contributed by atoms with Gasteiger partial charge in [0.25, 0.3) is 11.8 Å². The number of hydrogen-bond donors (Lipinski definition) is 1. The SMILES string of the molecule is COc1cccc(C(N)(C(=O)N2CCC(CC3CCN(c4ccc(C(=O)N(C)C)c(Cl)n4)CC3)CC2)C(F)(F)F)c1. The molecule has 8 nitrogen and oxygen atoms in total. The van der Waals surface area contributed by atoms with E-state index in [1.54, 1.807) is 20.2 Å². The molecule has 1 unspecified atom stereocenters. The Morgan fingerprint density at radius 1 is 1.05 bits per heavy atom. The highest BCUT2D eigenvalue weighted by Crippen LogP contribution is 2.41. The number of amides is 2. The lowest BCUT2D eigenvalue weighted by Gasteiger charge is -2.40. The molecule has 41 heavy (non-hydrogen) atoms. The first-order valence-electron chi connectivity index (χ1n) is 13.8. The summed E-state index contributed by atoms with van der Waals surface area (Å²) in [6.07, 6.45) is -0.835. The van der Waals surface area contributed by atoms with Crippen LogP contribution in [-0.4, -0.2) is 80.2 Å². The minimum Gasteiger partial charge on any atom is -0.497 e. The fourth-order valence-electron chi connectivity index (χ4n) is 5.77. The van der Waals surface area contributed by atoms with Crippen LogP contribution in [0.15, 0.2) is 36.4 Å². The Morgan fingerprint density at radius 2 is 1.66 bits per heavy atom. The molecular weight excluding hydrogens is 559 g/mol. The van der Waals surface area contributed by atoms with Crippen molar-refractivity contribution < 1.29 is 27.5 Å². The lowest BCUT2D eigenvalue weighted by molar-refractivity contribution is -0.201. The zero-order chi connectivity index (χ0) is 29.9. The van der Waals surface area contributed by atoms with Gasteiger partial charge in [-0.2, -0.15) is 13.2 Å². The summed E-state index contributed by atoms with van der Waals surface area (Å²) in [7, 11) is 4.67. The third kappa shape index (κ3) is 6.56. The van der Waals surface area contributed by atoms with Gasteiger partial charge in [0.1, 0.15) is 16.7 Å². The third-order valence-electron chi connectivity index (χ3n) is 8.29. The number of anilines is 1. The van der Waals surface area contributed by atoms with Gasteiger partial charge in [-0.1, -0.05) is 23.7 Å². The molecule has 224 valence electrons. The van der Waals surface area contributed by atoms with Gasteiger partial charge in [0, 0.05) is 40.3 Å². The molecule has 0 radical (unpaired) electrons. The van der Waals surface area contributed by atoms with E-state index in [1.807, 2.05) is 6.07 Å². The smallest absolute Gasteiger partial charge is 0.419 e. The van der Waals surface area contributed by atoms with E-state index in [-0.39, 0.29) is 35.5 Å². The summed E-state index contributed by atoms with van der Waals surface area (Å²) < 4.78 is 47.8. The Labute approximate surface area is 243 Å².